The summed E-state index contributed by atoms with van der Waals surface area (Å²) in [5, 5.41) is 15.7. The lowest BCUT2D eigenvalue weighted by molar-refractivity contribution is -0.114. The lowest BCUT2D eigenvalue weighted by atomic mass is 10.1. The quantitative estimate of drug-likeness (QED) is 0.422. The summed E-state index contributed by atoms with van der Waals surface area (Å²) in [6, 6.07) is 16.8. The van der Waals surface area contributed by atoms with Crippen molar-refractivity contribution in [2.45, 2.75) is 13.5 Å². The number of aromatic nitrogens is 1. The van der Waals surface area contributed by atoms with Crippen molar-refractivity contribution in [2.75, 3.05) is 6.61 Å². The zero-order valence-corrected chi connectivity index (χ0v) is 20.7. The molecule has 1 aromatic heterocycles. The minimum absolute atomic E-state index is 0.0742. The summed E-state index contributed by atoms with van der Waals surface area (Å²) < 4.78 is 11.7. The predicted molar refractivity (Wildman–Crippen MR) is 142 cm³/mol. The molecule has 0 saturated carbocycles. The molecule has 0 radical (unpaired) electrons. The van der Waals surface area contributed by atoms with Crippen molar-refractivity contribution in [2.24, 2.45) is 10.1 Å². The maximum atomic E-state index is 12.8. The molecule has 2 aliphatic heterocycles. The molecule has 1 N–H and O–H groups in total. The van der Waals surface area contributed by atoms with Gasteiger partial charge in [0, 0.05) is 18.0 Å². The Kier molecular flexibility index (Phi) is 6.84. The van der Waals surface area contributed by atoms with Crippen molar-refractivity contribution < 1.29 is 14.3 Å². The number of ether oxygens (including phenoxy) is 2. The first-order chi connectivity index (χ1) is 17.5. The number of aliphatic imine (C=N–C) groups is 1. The van der Waals surface area contributed by atoms with Gasteiger partial charge in [-0.15, -0.1) is 0 Å². The third-order valence-electron chi connectivity index (χ3n) is 5.23. The first kappa shape index (κ1) is 23.8. The van der Waals surface area contributed by atoms with Crippen molar-refractivity contribution in [3.63, 3.8) is 0 Å². The van der Waals surface area contributed by atoms with Crippen LogP contribution in [0.1, 0.15) is 23.6 Å². The molecule has 5 rings (SSSR count). The van der Waals surface area contributed by atoms with E-state index in [9.17, 15) is 4.79 Å². The molecular weight excluding hydrogens is 498 g/mol. The van der Waals surface area contributed by atoms with E-state index >= 15 is 0 Å². The van der Waals surface area contributed by atoms with Gasteiger partial charge in [0.05, 0.1) is 17.2 Å². The molecule has 2 aliphatic rings. The minimum Gasteiger partial charge on any atom is -0.490 e. The van der Waals surface area contributed by atoms with Gasteiger partial charge in [-0.25, -0.2) is 0 Å². The second kappa shape index (κ2) is 10.3. The van der Waals surface area contributed by atoms with Gasteiger partial charge < -0.3 is 9.47 Å². The topological polar surface area (TPSA) is 100 Å². The molecule has 1 amide bonds. The van der Waals surface area contributed by atoms with Gasteiger partial charge in [0.15, 0.2) is 17.3 Å². The summed E-state index contributed by atoms with van der Waals surface area (Å²) in [4.78, 5) is 21.1. The molecule has 0 saturated heterocycles. The van der Waals surface area contributed by atoms with Crippen LogP contribution in [0.4, 0.5) is 0 Å². The van der Waals surface area contributed by atoms with E-state index in [1.165, 1.54) is 16.8 Å². The molecule has 3 heterocycles. The minimum atomic E-state index is -0.528. The largest absolute Gasteiger partial charge is 0.490 e. The molecule has 0 unspecified atom stereocenters. The molecule has 180 valence electrons. The maximum Gasteiger partial charge on any atom is 0.283 e. The van der Waals surface area contributed by atoms with Gasteiger partial charge in [0.1, 0.15) is 11.7 Å². The Morgan fingerprint density at radius 3 is 2.72 bits per heavy atom. The van der Waals surface area contributed by atoms with E-state index in [1.807, 2.05) is 43.3 Å². The number of thioether (sulfide) groups is 1. The van der Waals surface area contributed by atoms with Crippen LogP contribution >= 0.6 is 23.4 Å². The molecular formula is C26H20ClN5O3S. The van der Waals surface area contributed by atoms with Crippen LogP contribution in [0.5, 0.6) is 11.5 Å². The molecule has 3 aromatic rings. The van der Waals surface area contributed by atoms with E-state index < -0.39 is 5.91 Å². The maximum absolute atomic E-state index is 12.8. The average Bonchev–Trinajstić information content (AvgIpc) is 3.32. The van der Waals surface area contributed by atoms with E-state index in [0.717, 1.165) is 11.1 Å². The molecule has 0 aliphatic carbocycles. The first-order valence-corrected chi connectivity index (χ1v) is 12.3. The number of fused-ring (bicyclic) bond motifs is 1. The number of amidine groups is 2. The molecule has 0 atom stereocenters. The number of amides is 1. The second-order valence-corrected chi connectivity index (χ2v) is 9.07. The van der Waals surface area contributed by atoms with Crippen molar-refractivity contribution in [1.82, 2.24) is 9.99 Å². The van der Waals surface area contributed by atoms with Crippen LogP contribution in [0.2, 0.25) is 5.02 Å². The number of hydrogen-bond acceptors (Lipinski definition) is 7. The van der Waals surface area contributed by atoms with Crippen LogP contribution in [0.25, 0.3) is 6.08 Å². The van der Waals surface area contributed by atoms with Crippen molar-refractivity contribution in [1.29, 1.82) is 5.41 Å². The van der Waals surface area contributed by atoms with Crippen LogP contribution < -0.4 is 9.47 Å². The fraction of sp³-hybridized carbons (Fsp3) is 0.115. The number of hydrogen-bond donors (Lipinski definition) is 1. The highest BCUT2D eigenvalue weighted by molar-refractivity contribution is 8.27. The summed E-state index contributed by atoms with van der Waals surface area (Å²) in [6.45, 7) is 2.59. The van der Waals surface area contributed by atoms with Gasteiger partial charge in [-0.3, -0.25) is 15.2 Å². The number of carbonyl (C=O) groups is 1. The molecule has 0 fully saturated rings. The smallest absolute Gasteiger partial charge is 0.283 e. The fourth-order valence-corrected chi connectivity index (χ4v) is 4.72. The first-order valence-electron chi connectivity index (χ1n) is 11.1. The van der Waals surface area contributed by atoms with Crippen LogP contribution in [0.3, 0.4) is 0 Å². The Labute approximate surface area is 216 Å². The highest BCUT2D eigenvalue weighted by atomic mass is 35.5. The lowest BCUT2D eigenvalue weighted by Gasteiger charge is -2.20. The van der Waals surface area contributed by atoms with Crippen LogP contribution in [0.15, 0.2) is 82.7 Å². The van der Waals surface area contributed by atoms with Crippen molar-refractivity contribution in [3.8, 4) is 11.5 Å². The standard InChI is InChI=1S/C26H20ClN5O3S/c1-2-34-21-13-17(12-20(27)22(21)35-15-16-7-4-3-5-8-16)11-19-23(28)32-26(30-24(19)33)36-25(31-32)18-9-6-10-29-14-18/h3-14,28H,2,15H2,1H3/b19-11-,28-23?. The highest BCUT2D eigenvalue weighted by Crippen LogP contribution is 2.38. The second-order valence-electron chi connectivity index (χ2n) is 7.70. The molecule has 8 nitrogen and oxygen atoms in total. The van der Waals surface area contributed by atoms with E-state index in [4.69, 9.17) is 26.5 Å². The van der Waals surface area contributed by atoms with E-state index in [1.54, 1.807) is 36.7 Å². The Morgan fingerprint density at radius 1 is 1.14 bits per heavy atom. The molecule has 2 aromatic carbocycles. The van der Waals surface area contributed by atoms with Crippen molar-refractivity contribution in [3.05, 3.63) is 94.3 Å². The van der Waals surface area contributed by atoms with Gasteiger partial charge in [0.25, 0.3) is 5.91 Å². The zero-order valence-electron chi connectivity index (χ0n) is 19.1. The molecule has 10 heteroatoms. The summed E-state index contributed by atoms with van der Waals surface area (Å²) in [5.41, 5.74) is 2.44. The van der Waals surface area contributed by atoms with E-state index in [-0.39, 0.29) is 11.4 Å². The molecule has 0 spiro atoms. The van der Waals surface area contributed by atoms with Crippen molar-refractivity contribution >= 4 is 51.4 Å². The number of pyridine rings is 1. The monoisotopic (exact) mass is 517 g/mol. The lowest BCUT2D eigenvalue weighted by Crippen LogP contribution is -2.35. The van der Waals surface area contributed by atoms with Crippen LogP contribution in [0, 0.1) is 5.41 Å². The normalized spacial score (nSPS) is 16.1. The Morgan fingerprint density at radius 2 is 1.97 bits per heavy atom. The Balaban J connectivity index is 1.43. The van der Waals surface area contributed by atoms with Gasteiger partial charge in [0.2, 0.25) is 5.17 Å². The predicted octanol–water partition coefficient (Wildman–Crippen LogP) is 5.38. The summed E-state index contributed by atoms with van der Waals surface area (Å²) in [7, 11) is 0. The average molecular weight is 518 g/mol. The van der Waals surface area contributed by atoms with Gasteiger partial charge in [-0.2, -0.15) is 15.1 Å². The number of rotatable bonds is 7. The SMILES string of the molecule is CCOc1cc(/C=C2/C(=N)N3N=C(c4cccnc4)SC3=NC2=O)cc(Cl)c1OCc1ccccc1. The van der Waals surface area contributed by atoms with Crippen LogP contribution in [-0.4, -0.2) is 38.6 Å². The highest BCUT2D eigenvalue weighted by Gasteiger charge is 2.36. The third-order valence-corrected chi connectivity index (χ3v) is 6.47. The third kappa shape index (κ3) is 4.89. The Bertz CT molecular complexity index is 1420. The van der Waals surface area contributed by atoms with Gasteiger partial charge in [-0.05, 0) is 60.2 Å². The van der Waals surface area contributed by atoms with Crippen LogP contribution in [-0.2, 0) is 11.4 Å². The molecule has 36 heavy (non-hydrogen) atoms. The number of nitrogens with zero attached hydrogens (tertiary/aromatic N) is 4. The van der Waals surface area contributed by atoms with E-state index in [0.29, 0.717) is 45.5 Å². The number of carbonyl (C=O) groups excluding carboxylic acids is 1. The molecule has 0 bridgehead atoms. The van der Waals surface area contributed by atoms with Gasteiger partial charge in [-0.1, -0.05) is 41.9 Å². The number of halogens is 1. The van der Waals surface area contributed by atoms with E-state index in [2.05, 4.69) is 15.1 Å². The van der Waals surface area contributed by atoms with Gasteiger partial charge >= 0.3 is 0 Å². The zero-order chi connectivity index (χ0) is 25.1. The number of nitrogens with one attached hydrogen (secondary N) is 1. The summed E-state index contributed by atoms with van der Waals surface area (Å²) in [6.07, 6.45) is 4.90. The summed E-state index contributed by atoms with van der Waals surface area (Å²) in [5.74, 6) is 0.256. The number of hydrazone groups is 1. The number of benzene rings is 2. The summed E-state index contributed by atoms with van der Waals surface area (Å²) >= 11 is 7.78. The fourth-order valence-electron chi connectivity index (χ4n) is 3.57. The Hall–Kier alpha value is -3.95.